The highest BCUT2D eigenvalue weighted by Crippen LogP contribution is 2.19. The number of anilines is 1. The van der Waals surface area contributed by atoms with Gasteiger partial charge in [0.1, 0.15) is 11.7 Å². The summed E-state index contributed by atoms with van der Waals surface area (Å²) in [5, 5.41) is 10.3. The molecule has 10 heteroatoms. The number of hydrogen-bond acceptors (Lipinski definition) is 8. The number of ether oxygens (including phenoxy) is 2. The lowest BCUT2D eigenvalue weighted by Gasteiger charge is -2.33. The molecule has 2 rings (SSSR count). The van der Waals surface area contributed by atoms with Gasteiger partial charge in [0.05, 0.1) is 0 Å². The minimum absolute atomic E-state index is 0.0824. The van der Waals surface area contributed by atoms with Crippen molar-refractivity contribution in [3.8, 4) is 6.07 Å². The van der Waals surface area contributed by atoms with Gasteiger partial charge in [-0.2, -0.15) is 10.2 Å². The van der Waals surface area contributed by atoms with Crippen LogP contribution in [0.5, 0.6) is 0 Å². The average Bonchev–Trinajstić information content (AvgIpc) is 2.73. The van der Waals surface area contributed by atoms with Crippen LogP contribution in [0.25, 0.3) is 0 Å². The lowest BCUT2D eigenvalue weighted by atomic mass is 9.98. The Balaban J connectivity index is 0.000000320. The van der Waals surface area contributed by atoms with Crippen LogP contribution in [0.3, 0.4) is 0 Å². The highest BCUT2D eigenvalue weighted by molar-refractivity contribution is 5.68. The van der Waals surface area contributed by atoms with E-state index in [1.165, 1.54) is 6.20 Å². The first-order chi connectivity index (χ1) is 15.1. The van der Waals surface area contributed by atoms with Gasteiger partial charge in [0.15, 0.2) is 5.82 Å². The summed E-state index contributed by atoms with van der Waals surface area (Å²) >= 11 is 0. The van der Waals surface area contributed by atoms with E-state index in [0.29, 0.717) is 30.6 Å². The van der Waals surface area contributed by atoms with E-state index in [2.05, 4.69) is 15.4 Å². The molecule has 0 bridgehead atoms. The molecule has 2 amide bonds. The van der Waals surface area contributed by atoms with E-state index >= 15 is 0 Å². The number of hydrazine groups is 1. The summed E-state index contributed by atoms with van der Waals surface area (Å²) in [5.41, 5.74) is 2.13. The van der Waals surface area contributed by atoms with E-state index in [-0.39, 0.29) is 11.9 Å². The standard InChI is InChI=1S/C12H23NO3.C10H13N5O/c1-12(2,3)16-11(14)13-7-5-10(6-8-13)9-15-4;1-8(2)6-15(13-7-16)10-3-4-12-9(5-11)14-10/h10H,5-9H2,1-4H3;3-4,7-8H,6H2,1-2H3,(H,13,16). The first-order valence-electron chi connectivity index (χ1n) is 10.8. The lowest BCUT2D eigenvalue weighted by molar-refractivity contribution is -0.109. The molecule has 0 saturated carbocycles. The van der Waals surface area contributed by atoms with Crippen molar-refractivity contribution in [3.63, 3.8) is 0 Å². The largest absolute Gasteiger partial charge is 0.444 e. The Morgan fingerprint density at radius 2 is 2.06 bits per heavy atom. The summed E-state index contributed by atoms with van der Waals surface area (Å²) < 4.78 is 10.5. The minimum Gasteiger partial charge on any atom is -0.444 e. The Labute approximate surface area is 190 Å². The number of nitrogens with one attached hydrogen (secondary N) is 1. The van der Waals surface area contributed by atoms with Gasteiger partial charge in [-0.25, -0.2) is 9.78 Å². The number of methoxy groups -OCH3 is 1. The van der Waals surface area contributed by atoms with Crippen molar-refractivity contribution < 1.29 is 19.1 Å². The molecule has 0 spiro atoms. The summed E-state index contributed by atoms with van der Waals surface area (Å²) in [6, 6.07) is 3.49. The molecule has 0 aromatic carbocycles. The highest BCUT2D eigenvalue weighted by Gasteiger charge is 2.26. The van der Waals surface area contributed by atoms with Gasteiger partial charge in [-0.15, -0.1) is 0 Å². The molecule has 1 aromatic rings. The Morgan fingerprint density at radius 3 is 2.56 bits per heavy atom. The molecule has 1 aliphatic rings. The fourth-order valence-electron chi connectivity index (χ4n) is 3.04. The normalized spacial score (nSPS) is 14.1. The van der Waals surface area contributed by atoms with E-state index in [1.807, 2.05) is 40.7 Å². The van der Waals surface area contributed by atoms with E-state index in [1.54, 1.807) is 23.1 Å². The van der Waals surface area contributed by atoms with E-state index in [4.69, 9.17) is 14.7 Å². The number of nitriles is 1. The summed E-state index contributed by atoms with van der Waals surface area (Å²) in [4.78, 5) is 31.8. The minimum atomic E-state index is -0.402. The van der Waals surface area contributed by atoms with Gasteiger partial charge in [-0.05, 0) is 45.4 Å². The second-order valence-electron chi connectivity index (χ2n) is 8.97. The zero-order chi connectivity index (χ0) is 24.1. The zero-order valence-electron chi connectivity index (χ0n) is 20.0. The Kier molecular flexibility index (Phi) is 11.4. The predicted octanol–water partition coefficient (Wildman–Crippen LogP) is 2.75. The maximum atomic E-state index is 11.8. The molecular weight excluding hydrogens is 412 g/mol. The van der Waals surface area contributed by atoms with Gasteiger partial charge in [-0.3, -0.25) is 15.2 Å². The SMILES string of the molecule is CC(C)CN(NC=O)c1ccnc(C#N)n1.COCC1CCN(C(=O)OC(C)(C)C)CC1. The second-order valence-corrected chi connectivity index (χ2v) is 8.97. The van der Waals surface area contributed by atoms with Gasteiger partial charge < -0.3 is 14.4 Å². The predicted molar refractivity (Wildman–Crippen MR) is 121 cm³/mol. The third kappa shape index (κ3) is 10.4. The molecule has 1 fully saturated rings. The van der Waals surface area contributed by atoms with Gasteiger partial charge in [-0.1, -0.05) is 13.8 Å². The average molecular weight is 449 g/mol. The van der Waals surface area contributed by atoms with Crippen molar-refractivity contribution in [2.75, 3.05) is 38.4 Å². The van der Waals surface area contributed by atoms with Crippen LogP contribution in [-0.4, -0.2) is 66.3 Å². The van der Waals surface area contributed by atoms with Crippen molar-refractivity contribution in [2.24, 2.45) is 11.8 Å². The summed E-state index contributed by atoms with van der Waals surface area (Å²) in [6.07, 6.45) is 3.89. The highest BCUT2D eigenvalue weighted by atomic mass is 16.6. The van der Waals surface area contributed by atoms with Crippen LogP contribution < -0.4 is 10.4 Å². The zero-order valence-corrected chi connectivity index (χ0v) is 20.0. The van der Waals surface area contributed by atoms with Crippen molar-refractivity contribution in [1.82, 2.24) is 20.3 Å². The fraction of sp³-hybridized carbons (Fsp3) is 0.682. The molecule has 2 heterocycles. The van der Waals surface area contributed by atoms with E-state index in [0.717, 1.165) is 32.5 Å². The summed E-state index contributed by atoms with van der Waals surface area (Å²) in [5.74, 6) is 1.53. The third-order valence-electron chi connectivity index (χ3n) is 4.44. The number of carbonyl (C=O) groups excluding carboxylic acids is 2. The number of nitrogens with zero attached hydrogens (tertiary/aromatic N) is 5. The Hall–Kier alpha value is -2.93. The van der Waals surface area contributed by atoms with E-state index < -0.39 is 5.60 Å². The van der Waals surface area contributed by atoms with Crippen molar-refractivity contribution in [1.29, 1.82) is 5.26 Å². The molecule has 1 aromatic heterocycles. The van der Waals surface area contributed by atoms with Crippen LogP contribution in [-0.2, 0) is 14.3 Å². The van der Waals surface area contributed by atoms with Crippen LogP contribution in [0.15, 0.2) is 12.3 Å². The third-order valence-corrected chi connectivity index (χ3v) is 4.44. The van der Waals surface area contributed by atoms with E-state index in [9.17, 15) is 9.59 Å². The van der Waals surface area contributed by atoms with Gasteiger partial charge in [0, 0.05) is 45.6 Å². The molecule has 0 atom stereocenters. The van der Waals surface area contributed by atoms with Crippen LogP contribution >= 0.6 is 0 Å². The van der Waals surface area contributed by atoms with Gasteiger partial charge >= 0.3 is 6.09 Å². The number of rotatable bonds is 7. The fourth-order valence-corrected chi connectivity index (χ4v) is 3.04. The topological polar surface area (TPSA) is 121 Å². The number of carbonyl (C=O) groups is 2. The molecule has 0 radical (unpaired) electrons. The van der Waals surface area contributed by atoms with Gasteiger partial charge in [0.2, 0.25) is 12.2 Å². The molecule has 32 heavy (non-hydrogen) atoms. The van der Waals surface area contributed by atoms with Gasteiger partial charge in [0.25, 0.3) is 0 Å². The molecule has 10 nitrogen and oxygen atoms in total. The Bertz CT molecular complexity index is 752. The Morgan fingerprint density at radius 1 is 1.41 bits per heavy atom. The monoisotopic (exact) mass is 448 g/mol. The molecule has 1 saturated heterocycles. The van der Waals surface area contributed by atoms with Crippen LogP contribution in [0.4, 0.5) is 10.6 Å². The molecule has 0 unspecified atom stereocenters. The molecule has 1 aliphatic heterocycles. The molecule has 1 N–H and O–H groups in total. The summed E-state index contributed by atoms with van der Waals surface area (Å²) in [6.45, 7) is 12.7. The second kappa shape index (κ2) is 13.5. The first-order valence-corrected chi connectivity index (χ1v) is 10.8. The maximum absolute atomic E-state index is 11.8. The van der Waals surface area contributed by atoms with Crippen LogP contribution in [0.2, 0.25) is 0 Å². The molecule has 0 aliphatic carbocycles. The number of aromatic nitrogens is 2. The maximum Gasteiger partial charge on any atom is 0.410 e. The molecular formula is C22H36N6O4. The van der Waals surface area contributed by atoms with Crippen molar-refractivity contribution in [3.05, 3.63) is 18.1 Å². The smallest absolute Gasteiger partial charge is 0.410 e. The van der Waals surface area contributed by atoms with Crippen LogP contribution in [0.1, 0.15) is 53.3 Å². The van der Waals surface area contributed by atoms with Crippen LogP contribution in [0, 0.1) is 23.2 Å². The lowest BCUT2D eigenvalue weighted by Crippen LogP contribution is -2.42. The number of piperidine rings is 1. The number of hydrogen-bond donors (Lipinski definition) is 1. The van der Waals surface area contributed by atoms with Crippen molar-refractivity contribution >= 4 is 18.3 Å². The number of amides is 2. The van der Waals surface area contributed by atoms with Crippen molar-refractivity contribution in [2.45, 2.75) is 53.1 Å². The quantitative estimate of drug-likeness (QED) is 0.499. The first kappa shape index (κ1) is 27.1. The number of likely N-dealkylation sites (tertiary alicyclic amines) is 1. The molecule has 178 valence electrons. The summed E-state index contributed by atoms with van der Waals surface area (Å²) in [7, 11) is 1.72.